The maximum atomic E-state index is 4.21. The highest BCUT2D eigenvalue weighted by Gasteiger charge is 2.05. The van der Waals surface area contributed by atoms with Crippen LogP contribution in [0.3, 0.4) is 0 Å². The summed E-state index contributed by atoms with van der Waals surface area (Å²) in [5, 5.41) is 11.0. The fourth-order valence-corrected chi connectivity index (χ4v) is 1.37. The van der Waals surface area contributed by atoms with Crippen molar-refractivity contribution >= 4 is 5.95 Å². The predicted molar refractivity (Wildman–Crippen MR) is 61.0 cm³/mol. The van der Waals surface area contributed by atoms with E-state index in [2.05, 4.69) is 27.1 Å². The Bertz CT molecular complexity index is 469. The SMILES string of the molecule is C=CCNc1nccn1Cc1nncn1C. The molecule has 0 bridgehead atoms. The molecule has 6 nitrogen and oxygen atoms in total. The summed E-state index contributed by atoms with van der Waals surface area (Å²) in [6, 6.07) is 0. The van der Waals surface area contributed by atoms with Gasteiger partial charge in [0.05, 0.1) is 6.54 Å². The largest absolute Gasteiger partial charge is 0.352 e. The normalized spacial score (nSPS) is 10.3. The second-order valence-corrected chi connectivity index (χ2v) is 3.41. The van der Waals surface area contributed by atoms with E-state index in [0.29, 0.717) is 13.1 Å². The molecule has 2 aromatic heterocycles. The predicted octanol–water partition coefficient (Wildman–Crippen LogP) is 0.658. The van der Waals surface area contributed by atoms with Crippen molar-refractivity contribution < 1.29 is 0 Å². The molecule has 16 heavy (non-hydrogen) atoms. The number of anilines is 1. The molecule has 2 rings (SSSR count). The second-order valence-electron chi connectivity index (χ2n) is 3.41. The van der Waals surface area contributed by atoms with Crippen molar-refractivity contribution in [3.8, 4) is 0 Å². The molecule has 2 heterocycles. The summed E-state index contributed by atoms with van der Waals surface area (Å²) in [5.41, 5.74) is 0. The molecule has 2 aromatic rings. The molecule has 0 spiro atoms. The van der Waals surface area contributed by atoms with Crippen LogP contribution in [0.15, 0.2) is 31.4 Å². The number of nitrogens with zero attached hydrogens (tertiary/aromatic N) is 5. The van der Waals surface area contributed by atoms with Gasteiger partial charge < -0.3 is 14.5 Å². The molecule has 0 aliphatic heterocycles. The monoisotopic (exact) mass is 218 g/mol. The Hall–Kier alpha value is -2.11. The van der Waals surface area contributed by atoms with Gasteiger partial charge in [0.15, 0.2) is 5.82 Å². The molecule has 0 aromatic carbocycles. The molecular weight excluding hydrogens is 204 g/mol. The van der Waals surface area contributed by atoms with Gasteiger partial charge in [-0.2, -0.15) is 0 Å². The zero-order valence-corrected chi connectivity index (χ0v) is 9.17. The van der Waals surface area contributed by atoms with Crippen LogP contribution in [0.5, 0.6) is 0 Å². The van der Waals surface area contributed by atoms with Crippen molar-refractivity contribution in [3.05, 3.63) is 37.2 Å². The van der Waals surface area contributed by atoms with E-state index >= 15 is 0 Å². The maximum absolute atomic E-state index is 4.21. The van der Waals surface area contributed by atoms with E-state index in [9.17, 15) is 0 Å². The zero-order chi connectivity index (χ0) is 11.4. The lowest BCUT2D eigenvalue weighted by Crippen LogP contribution is -2.10. The maximum Gasteiger partial charge on any atom is 0.203 e. The van der Waals surface area contributed by atoms with Crippen LogP contribution >= 0.6 is 0 Å². The molecule has 0 atom stereocenters. The molecule has 6 heteroatoms. The van der Waals surface area contributed by atoms with Gasteiger partial charge in [0.1, 0.15) is 6.33 Å². The van der Waals surface area contributed by atoms with Crippen LogP contribution in [0.2, 0.25) is 0 Å². The first-order valence-corrected chi connectivity index (χ1v) is 5.00. The Morgan fingerprint density at radius 3 is 3.12 bits per heavy atom. The quantitative estimate of drug-likeness (QED) is 0.749. The highest BCUT2D eigenvalue weighted by Crippen LogP contribution is 2.06. The van der Waals surface area contributed by atoms with Gasteiger partial charge in [0.25, 0.3) is 0 Å². The Kier molecular flexibility index (Phi) is 3.00. The molecule has 0 amide bonds. The molecule has 0 saturated heterocycles. The van der Waals surface area contributed by atoms with E-state index < -0.39 is 0 Å². The van der Waals surface area contributed by atoms with Gasteiger partial charge in [0.2, 0.25) is 5.95 Å². The third kappa shape index (κ3) is 2.10. The average Bonchev–Trinajstić information content (AvgIpc) is 2.87. The van der Waals surface area contributed by atoms with E-state index in [1.807, 2.05) is 22.4 Å². The molecule has 0 saturated carbocycles. The van der Waals surface area contributed by atoms with Crippen LogP contribution in [-0.2, 0) is 13.6 Å². The van der Waals surface area contributed by atoms with Crippen molar-refractivity contribution in [1.82, 2.24) is 24.3 Å². The summed E-state index contributed by atoms with van der Waals surface area (Å²) in [5.74, 6) is 1.70. The van der Waals surface area contributed by atoms with Gasteiger partial charge in [-0.3, -0.25) is 0 Å². The van der Waals surface area contributed by atoms with Gasteiger partial charge >= 0.3 is 0 Å². The van der Waals surface area contributed by atoms with Crippen LogP contribution in [-0.4, -0.2) is 30.9 Å². The molecule has 0 aliphatic rings. The van der Waals surface area contributed by atoms with Gasteiger partial charge in [-0.15, -0.1) is 16.8 Å². The van der Waals surface area contributed by atoms with E-state index in [-0.39, 0.29) is 0 Å². The van der Waals surface area contributed by atoms with Crippen molar-refractivity contribution in [3.63, 3.8) is 0 Å². The highest BCUT2D eigenvalue weighted by atomic mass is 15.3. The van der Waals surface area contributed by atoms with Crippen LogP contribution < -0.4 is 5.32 Å². The summed E-state index contributed by atoms with van der Waals surface area (Å²) >= 11 is 0. The number of imidazole rings is 1. The molecule has 1 N–H and O–H groups in total. The van der Waals surface area contributed by atoms with E-state index in [4.69, 9.17) is 0 Å². The summed E-state index contributed by atoms with van der Waals surface area (Å²) in [6.07, 6.45) is 7.13. The van der Waals surface area contributed by atoms with Crippen molar-refractivity contribution in [1.29, 1.82) is 0 Å². The number of rotatable bonds is 5. The van der Waals surface area contributed by atoms with Crippen LogP contribution in [0.1, 0.15) is 5.82 Å². The molecule has 0 fully saturated rings. The first kappa shape index (κ1) is 10.4. The smallest absolute Gasteiger partial charge is 0.203 e. The molecule has 0 unspecified atom stereocenters. The molecular formula is C10H14N6. The summed E-state index contributed by atoms with van der Waals surface area (Å²) in [6.45, 7) is 4.99. The van der Waals surface area contributed by atoms with Crippen molar-refractivity contribution in [2.75, 3.05) is 11.9 Å². The summed E-state index contributed by atoms with van der Waals surface area (Å²) in [7, 11) is 1.92. The lowest BCUT2D eigenvalue weighted by Gasteiger charge is -2.07. The first-order chi connectivity index (χ1) is 7.81. The molecule has 84 valence electrons. The van der Waals surface area contributed by atoms with Crippen LogP contribution in [0.4, 0.5) is 5.95 Å². The van der Waals surface area contributed by atoms with E-state index in [0.717, 1.165) is 11.8 Å². The van der Waals surface area contributed by atoms with Crippen LogP contribution in [0.25, 0.3) is 0 Å². The summed E-state index contributed by atoms with van der Waals surface area (Å²) in [4.78, 5) is 4.21. The van der Waals surface area contributed by atoms with Crippen molar-refractivity contribution in [2.45, 2.75) is 6.54 Å². The number of aryl methyl sites for hydroxylation is 1. The Morgan fingerprint density at radius 1 is 1.56 bits per heavy atom. The lowest BCUT2D eigenvalue weighted by molar-refractivity contribution is 0.701. The topological polar surface area (TPSA) is 60.6 Å². The standard InChI is InChI=1S/C10H14N6/c1-3-4-11-10-12-5-6-16(10)7-9-14-13-8-15(9)2/h3,5-6,8H,1,4,7H2,2H3,(H,11,12). The van der Waals surface area contributed by atoms with Gasteiger partial charge in [0, 0.05) is 26.0 Å². The number of aromatic nitrogens is 5. The zero-order valence-electron chi connectivity index (χ0n) is 9.17. The van der Waals surface area contributed by atoms with Gasteiger partial charge in [-0.1, -0.05) is 6.08 Å². The first-order valence-electron chi connectivity index (χ1n) is 5.00. The fourth-order valence-electron chi connectivity index (χ4n) is 1.37. The minimum atomic E-state index is 0.649. The van der Waals surface area contributed by atoms with Crippen molar-refractivity contribution in [2.24, 2.45) is 7.05 Å². The van der Waals surface area contributed by atoms with E-state index in [1.54, 1.807) is 18.6 Å². The third-order valence-corrected chi connectivity index (χ3v) is 2.24. The third-order valence-electron chi connectivity index (χ3n) is 2.24. The van der Waals surface area contributed by atoms with E-state index in [1.165, 1.54) is 0 Å². The summed E-state index contributed by atoms with van der Waals surface area (Å²) < 4.78 is 3.87. The Morgan fingerprint density at radius 2 is 2.44 bits per heavy atom. The lowest BCUT2D eigenvalue weighted by atomic mass is 10.5. The number of hydrogen-bond donors (Lipinski definition) is 1. The minimum Gasteiger partial charge on any atom is -0.352 e. The molecule has 0 radical (unpaired) electrons. The Balaban J connectivity index is 2.12. The minimum absolute atomic E-state index is 0.649. The number of hydrogen-bond acceptors (Lipinski definition) is 4. The molecule has 0 aliphatic carbocycles. The number of nitrogens with one attached hydrogen (secondary N) is 1. The Labute approximate surface area is 93.6 Å². The fraction of sp³-hybridized carbons (Fsp3) is 0.300. The van der Waals surface area contributed by atoms with Gasteiger partial charge in [-0.05, 0) is 0 Å². The van der Waals surface area contributed by atoms with Crippen LogP contribution in [0, 0.1) is 0 Å². The van der Waals surface area contributed by atoms with Gasteiger partial charge in [-0.25, -0.2) is 4.98 Å². The average molecular weight is 218 g/mol. The second kappa shape index (κ2) is 4.61. The highest BCUT2D eigenvalue weighted by molar-refractivity contribution is 5.27.